The third-order valence-electron chi connectivity index (χ3n) is 6.49. The zero-order chi connectivity index (χ0) is 24.1. The number of benzene rings is 1. The van der Waals surface area contributed by atoms with Gasteiger partial charge in [-0.05, 0) is 26.0 Å². The first-order valence-electron chi connectivity index (χ1n) is 11.2. The van der Waals surface area contributed by atoms with Crippen LogP contribution in [0.1, 0.15) is 54.2 Å². The molecule has 10 heteroatoms. The average molecular weight is 470 g/mol. The number of aromatic nitrogens is 3. The van der Waals surface area contributed by atoms with Crippen LogP contribution in [0.4, 0.5) is 8.78 Å². The molecule has 34 heavy (non-hydrogen) atoms. The van der Waals surface area contributed by atoms with Gasteiger partial charge in [-0.15, -0.1) is 0 Å². The Kier molecular flexibility index (Phi) is 5.47. The molecule has 0 radical (unpaired) electrons. The van der Waals surface area contributed by atoms with E-state index in [-0.39, 0.29) is 35.1 Å². The van der Waals surface area contributed by atoms with Crippen molar-refractivity contribution in [3.8, 4) is 17.0 Å². The van der Waals surface area contributed by atoms with Gasteiger partial charge in [0.05, 0.1) is 29.5 Å². The van der Waals surface area contributed by atoms with E-state index in [1.54, 1.807) is 21.7 Å². The van der Waals surface area contributed by atoms with Gasteiger partial charge in [-0.1, -0.05) is 6.07 Å². The van der Waals surface area contributed by atoms with Crippen molar-refractivity contribution < 1.29 is 23.4 Å². The number of hydrogen-bond acceptors (Lipinski definition) is 5. The normalized spacial score (nSPS) is 19.1. The van der Waals surface area contributed by atoms with Crippen LogP contribution in [0.5, 0.6) is 5.75 Å². The summed E-state index contributed by atoms with van der Waals surface area (Å²) < 4.78 is 36.5. The number of nitrogens with zero attached hydrogens (tertiary/aromatic N) is 4. The van der Waals surface area contributed by atoms with E-state index >= 15 is 0 Å². The summed E-state index contributed by atoms with van der Waals surface area (Å²) in [5.41, 5.74) is 0.491. The van der Waals surface area contributed by atoms with Crippen LogP contribution in [0.3, 0.4) is 0 Å². The molecule has 178 valence electrons. The van der Waals surface area contributed by atoms with Gasteiger partial charge in [-0.2, -0.15) is 5.10 Å². The summed E-state index contributed by atoms with van der Waals surface area (Å²) in [6.45, 7) is 5.06. The lowest BCUT2D eigenvalue weighted by atomic mass is 10.0. The zero-order valence-corrected chi connectivity index (χ0v) is 18.8. The minimum absolute atomic E-state index is 0.0168. The van der Waals surface area contributed by atoms with Gasteiger partial charge >= 0.3 is 0 Å². The Morgan fingerprint density at radius 2 is 2.00 bits per heavy atom. The Balaban J connectivity index is 1.63. The minimum Gasteiger partial charge on any atom is -0.503 e. The number of amides is 1. The Bertz CT molecular complexity index is 1350. The fourth-order valence-corrected chi connectivity index (χ4v) is 4.98. The number of likely N-dealkylation sites (N-methyl/N-ethyl adjacent to an activating group) is 1. The van der Waals surface area contributed by atoms with Gasteiger partial charge in [0.1, 0.15) is 17.7 Å². The number of halogens is 2. The topological polar surface area (TPSA) is 89.6 Å². The van der Waals surface area contributed by atoms with Crippen molar-refractivity contribution >= 4 is 5.91 Å². The van der Waals surface area contributed by atoms with E-state index in [0.717, 1.165) is 6.07 Å². The minimum atomic E-state index is -0.698. The molecule has 0 fully saturated rings. The first-order chi connectivity index (χ1) is 16.3. The highest BCUT2D eigenvalue weighted by Gasteiger charge is 2.44. The highest BCUT2D eigenvalue weighted by atomic mass is 19.1. The summed E-state index contributed by atoms with van der Waals surface area (Å²) >= 11 is 0. The summed E-state index contributed by atoms with van der Waals surface area (Å²) in [7, 11) is 0. The number of rotatable bonds is 6. The number of carbonyl (C=O) groups excluding carboxylic acids is 1. The average Bonchev–Trinajstić information content (AvgIpc) is 3.40. The lowest BCUT2D eigenvalue weighted by molar-refractivity contribution is 0.0542. The van der Waals surface area contributed by atoms with Crippen molar-refractivity contribution in [3.05, 3.63) is 69.3 Å². The van der Waals surface area contributed by atoms with Crippen LogP contribution in [0.15, 0.2) is 35.3 Å². The van der Waals surface area contributed by atoms with Gasteiger partial charge in [0.15, 0.2) is 11.4 Å². The Morgan fingerprint density at radius 1 is 1.21 bits per heavy atom. The summed E-state index contributed by atoms with van der Waals surface area (Å²) in [4.78, 5) is 28.0. The van der Waals surface area contributed by atoms with Crippen molar-refractivity contribution in [3.63, 3.8) is 0 Å². The van der Waals surface area contributed by atoms with Crippen LogP contribution in [0, 0.1) is 11.6 Å². The fraction of sp³-hybridized carbons (Fsp3) is 0.375. The first-order valence-corrected chi connectivity index (χ1v) is 11.2. The fourth-order valence-electron chi connectivity index (χ4n) is 4.98. The van der Waals surface area contributed by atoms with E-state index in [9.17, 15) is 23.5 Å². The molecule has 1 N–H and O–H groups in total. The van der Waals surface area contributed by atoms with Gasteiger partial charge in [0, 0.05) is 43.9 Å². The zero-order valence-electron chi connectivity index (χ0n) is 18.8. The van der Waals surface area contributed by atoms with Crippen molar-refractivity contribution in [1.29, 1.82) is 0 Å². The molecule has 0 saturated heterocycles. The quantitative estimate of drug-likeness (QED) is 0.598. The molecule has 0 unspecified atom stereocenters. The smallest absolute Gasteiger partial charge is 0.274 e. The molecular weight excluding hydrogens is 446 g/mol. The molecule has 5 rings (SSSR count). The molecule has 2 aliphatic heterocycles. The van der Waals surface area contributed by atoms with E-state index in [4.69, 9.17) is 4.74 Å². The molecule has 1 amide bonds. The Hall–Kier alpha value is -3.53. The summed E-state index contributed by atoms with van der Waals surface area (Å²) in [5, 5.41) is 15.3. The van der Waals surface area contributed by atoms with Crippen LogP contribution in [-0.4, -0.2) is 50.0 Å². The maximum absolute atomic E-state index is 14.1. The Morgan fingerprint density at radius 3 is 2.71 bits per heavy atom. The van der Waals surface area contributed by atoms with Crippen molar-refractivity contribution in [2.24, 2.45) is 0 Å². The monoisotopic (exact) mass is 470 g/mol. The van der Waals surface area contributed by atoms with E-state index in [1.165, 1.54) is 16.8 Å². The van der Waals surface area contributed by atoms with E-state index in [1.807, 2.05) is 13.8 Å². The third-order valence-corrected chi connectivity index (χ3v) is 6.49. The van der Waals surface area contributed by atoms with Gasteiger partial charge in [0.2, 0.25) is 5.43 Å². The van der Waals surface area contributed by atoms with Crippen LogP contribution in [0.25, 0.3) is 11.3 Å². The molecule has 0 saturated carbocycles. The molecule has 3 aromatic rings. The predicted octanol–water partition coefficient (Wildman–Crippen LogP) is 3.24. The van der Waals surface area contributed by atoms with E-state index in [2.05, 4.69) is 5.10 Å². The van der Waals surface area contributed by atoms with Crippen molar-refractivity contribution in [2.75, 3.05) is 19.7 Å². The van der Waals surface area contributed by atoms with Crippen LogP contribution in [0.2, 0.25) is 0 Å². The lowest BCUT2D eigenvalue weighted by Crippen LogP contribution is -2.43. The van der Waals surface area contributed by atoms with Crippen LogP contribution in [-0.2, 0) is 11.3 Å². The van der Waals surface area contributed by atoms with Gasteiger partial charge in [0.25, 0.3) is 5.91 Å². The molecule has 2 aromatic heterocycles. The highest BCUT2D eigenvalue weighted by molar-refractivity contribution is 5.97. The van der Waals surface area contributed by atoms with Crippen LogP contribution < -0.4 is 5.43 Å². The molecule has 4 heterocycles. The van der Waals surface area contributed by atoms with E-state index in [0.29, 0.717) is 31.8 Å². The van der Waals surface area contributed by atoms with Gasteiger partial charge in [-0.3, -0.25) is 14.3 Å². The number of aromatic hydroxyl groups is 1. The lowest BCUT2D eigenvalue weighted by Gasteiger charge is -2.33. The molecule has 2 aliphatic rings. The second kappa shape index (κ2) is 8.35. The molecule has 0 bridgehead atoms. The molecular formula is C24H24F2N4O4. The number of ether oxygens (including phenoxy) is 1. The third kappa shape index (κ3) is 3.40. The molecule has 0 spiro atoms. The molecule has 0 aliphatic carbocycles. The number of pyridine rings is 1. The highest BCUT2D eigenvalue weighted by Crippen LogP contribution is 2.45. The second-order valence-corrected chi connectivity index (χ2v) is 8.47. The summed E-state index contributed by atoms with van der Waals surface area (Å²) in [6, 6.07) is 4.77. The molecule has 2 atom stereocenters. The summed E-state index contributed by atoms with van der Waals surface area (Å²) in [5.74, 6) is -2.37. The second-order valence-electron chi connectivity index (χ2n) is 8.47. The number of hydrogen-bond donors (Lipinski definition) is 1. The van der Waals surface area contributed by atoms with Crippen molar-refractivity contribution in [1.82, 2.24) is 19.2 Å². The summed E-state index contributed by atoms with van der Waals surface area (Å²) in [6.07, 6.45) is 1.70. The maximum Gasteiger partial charge on any atom is 0.274 e. The standard InChI is InChI=1S/C24H24F2N4O4/c1-3-28-12-15-10-18(34-4-2)20-19(22(31)23(32)21(24(28)33)30(15)20)17-7-8-29(27-17)11-13-5-6-14(25)9-16(13)26/h5-9,15,18,32H,3-4,10-12H2,1-2H3/t15-,18+/m0/s1. The Labute approximate surface area is 194 Å². The first kappa shape index (κ1) is 22.3. The SMILES string of the molecule is CCO[C@@H]1C[C@H]2CN(CC)C(=O)c3c(O)c(=O)c(-c4ccn(Cc5ccc(F)cc5F)n4)c1n32. The van der Waals surface area contributed by atoms with Gasteiger partial charge < -0.3 is 19.3 Å². The van der Waals surface area contributed by atoms with Gasteiger partial charge in [-0.25, -0.2) is 8.78 Å². The maximum atomic E-state index is 14.1. The molecule has 8 nitrogen and oxygen atoms in total. The largest absolute Gasteiger partial charge is 0.503 e. The van der Waals surface area contributed by atoms with E-state index < -0.39 is 34.8 Å². The predicted molar refractivity (Wildman–Crippen MR) is 119 cm³/mol. The van der Waals surface area contributed by atoms with Crippen LogP contribution >= 0.6 is 0 Å². The van der Waals surface area contributed by atoms with Crippen molar-refractivity contribution in [2.45, 2.75) is 39.0 Å². The number of carbonyl (C=O) groups is 1. The molecule has 1 aromatic carbocycles.